The largest absolute Gasteiger partial charge is 0.307 e. The highest BCUT2D eigenvalue weighted by Gasteiger charge is 2.23. The Morgan fingerprint density at radius 3 is 1.27 bits per heavy atom. The van der Waals surface area contributed by atoms with Gasteiger partial charge < -0.3 is 5.32 Å². The third-order valence-corrected chi connectivity index (χ3v) is 2.44. The Labute approximate surface area is 71.6 Å². The molecule has 0 bridgehead atoms. The maximum Gasteiger partial charge on any atom is 0.0127 e. The summed E-state index contributed by atoms with van der Waals surface area (Å²) in [5, 5.41) is 3.63. The van der Waals surface area contributed by atoms with Crippen LogP contribution < -0.4 is 5.32 Å². The molecule has 0 aromatic rings. The molecule has 0 saturated carbocycles. The lowest BCUT2D eigenvalue weighted by atomic mass is 9.93. The van der Waals surface area contributed by atoms with E-state index in [9.17, 15) is 0 Å². The van der Waals surface area contributed by atoms with E-state index in [1.807, 2.05) is 0 Å². The number of nitrogens with one attached hydrogen (secondary N) is 1. The first-order valence-electron chi connectivity index (χ1n) is 4.62. The Morgan fingerprint density at radius 1 is 0.818 bits per heavy atom. The van der Waals surface area contributed by atoms with E-state index in [0.29, 0.717) is 0 Å². The van der Waals surface area contributed by atoms with Gasteiger partial charge in [-0.15, -0.1) is 0 Å². The van der Waals surface area contributed by atoms with Crippen LogP contribution in [0.15, 0.2) is 0 Å². The van der Waals surface area contributed by atoms with Gasteiger partial charge >= 0.3 is 0 Å². The van der Waals surface area contributed by atoms with Crippen LogP contribution in [-0.4, -0.2) is 11.1 Å². The molecular formula is C10H23N. The average molecular weight is 157 g/mol. The number of rotatable bonds is 4. The van der Waals surface area contributed by atoms with Crippen molar-refractivity contribution in [3.8, 4) is 0 Å². The van der Waals surface area contributed by atoms with Crippen LogP contribution in [0.2, 0.25) is 0 Å². The molecule has 0 aliphatic carbocycles. The predicted octanol–water partition coefficient (Wildman–Crippen LogP) is 2.95. The summed E-state index contributed by atoms with van der Waals surface area (Å²) in [5.74, 6) is 0. The lowest BCUT2D eigenvalue weighted by Crippen LogP contribution is -2.51. The van der Waals surface area contributed by atoms with E-state index in [2.05, 4.69) is 46.9 Å². The highest BCUT2D eigenvalue weighted by Crippen LogP contribution is 2.16. The van der Waals surface area contributed by atoms with Crippen LogP contribution in [0, 0.1) is 0 Å². The van der Waals surface area contributed by atoms with Crippen molar-refractivity contribution >= 4 is 0 Å². The van der Waals surface area contributed by atoms with Gasteiger partial charge in [0, 0.05) is 11.1 Å². The Bertz CT molecular complexity index is 100. The van der Waals surface area contributed by atoms with Crippen LogP contribution in [-0.2, 0) is 0 Å². The van der Waals surface area contributed by atoms with E-state index >= 15 is 0 Å². The van der Waals surface area contributed by atoms with Crippen molar-refractivity contribution in [2.75, 3.05) is 0 Å². The van der Waals surface area contributed by atoms with E-state index in [0.717, 1.165) is 0 Å². The summed E-state index contributed by atoms with van der Waals surface area (Å²) in [6.07, 6.45) is 2.35. The summed E-state index contributed by atoms with van der Waals surface area (Å²) in [7, 11) is 0. The summed E-state index contributed by atoms with van der Waals surface area (Å²) >= 11 is 0. The van der Waals surface area contributed by atoms with Crippen LogP contribution in [0.4, 0.5) is 0 Å². The summed E-state index contributed by atoms with van der Waals surface area (Å²) < 4.78 is 0. The van der Waals surface area contributed by atoms with Crippen molar-refractivity contribution < 1.29 is 0 Å². The highest BCUT2D eigenvalue weighted by atomic mass is 15.0. The molecule has 0 saturated heterocycles. The van der Waals surface area contributed by atoms with E-state index < -0.39 is 0 Å². The zero-order valence-electron chi connectivity index (χ0n) is 8.91. The molecule has 0 aliphatic rings. The molecule has 68 valence electrons. The Morgan fingerprint density at radius 2 is 1.09 bits per heavy atom. The lowest BCUT2D eigenvalue weighted by Gasteiger charge is -2.36. The second-order valence-corrected chi connectivity index (χ2v) is 4.60. The minimum Gasteiger partial charge on any atom is -0.307 e. The van der Waals surface area contributed by atoms with Crippen LogP contribution >= 0.6 is 0 Å². The molecule has 11 heavy (non-hydrogen) atoms. The van der Waals surface area contributed by atoms with Crippen molar-refractivity contribution in [3.05, 3.63) is 0 Å². The molecule has 0 amide bonds. The molecule has 0 radical (unpaired) electrons. The fourth-order valence-corrected chi connectivity index (χ4v) is 1.09. The SMILES string of the molecule is CCC(C)(C)NC(C)(C)CC. The van der Waals surface area contributed by atoms with Crippen molar-refractivity contribution in [2.24, 2.45) is 0 Å². The highest BCUT2D eigenvalue weighted by molar-refractivity contribution is 4.86. The van der Waals surface area contributed by atoms with Gasteiger partial charge in [-0.1, -0.05) is 13.8 Å². The van der Waals surface area contributed by atoms with Crippen molar-refractivity contribution in [1.82, 2.24) is 5.32 Å². The van der Waals surface area contributed by atoms with E-state index in [4.69, 9.17) is 0 Å². The average Bonchev–Trinajstić information content (AvgIpc) is 1.86. The molecule has 0 rings (SSSR count). The standard InChI is InChI=1S/C10H23N/c1-7-9(3,4)11-10(5,6)8-2/h11H,7-8H2,1-6H3. The lowest BCUT2D eigenvalue weighted by molar-refractivity contribution is 0.252. The van der Waals surface area contributed by atoms with Crippen molar-refractivity contribution in [3.63, 3.8) is 0 Å². The molecular weight excluding hydrogens is 134 g/mol. The molecule has 1 nitrogen and oxygen atoms in total. The zero-order valence-corrected chi connectivity index (χ0v) is 8.91. The summed E-state index contributed by atoms with van der Waals surface area (Å²) in [5.41, 5.74) is 0.555. The molecule has 0 aliphatic heterocycles. The minimum atomic E-state index is 0.277. The maximum atomic E-state index is 3.63. The first kappa shape index (κ1) is 11.0. The molecule has 0 unspecified atom stereocenters. The van der Waals surface area contributed by atoms with Gasteiger partial charge in [-0.3, -0.25) is 0 Å². The predicted molar refractivity (Wildman–Crippen MR) is 51.9 cm³/mol. The number of hydrogen-bond donors (Lipinski definition) is 1. The first-order chi connectivity index (χ1) is 4.83. The van der Waals surface area contributed by atoms with E-state index in [1.54, 1.807) is 0 Å². The third-order valence-electron chi connectivity index (χ3n) is 2.44. The Hall–Kier alpha value is -0.0400. The molecule has 0 spiro atoms. The zero-order chi connectivity index (χ0) is 9.12. The number of hydrogen-bond acceptors (Lipinski definition) is 1. The van der Waals surface area contributed by atoms with Gasteiger partial charge in [0.1, 0.15) is 0 Å². The summed E-state index contributed by atoms with van der Waals surface area (Å²) in [6, 6.07) is 0. The minimum absolute atomic E-state index is 0.277. The second kappa shape index (κ2) is 3.57. The molecule has 0 aromatic heterocycles. The molecule has 0 atom stereocenters. The van der Waals surface area contributed by atoms with Gasteiger partial charge in [-0.05, 0) is 40.5 Å². The van der Waals surface area contributed by atoms with Crippen LogP contribution in [0.5, 0.6) is 0 Å². The molecule has 1 N–H and O–H groups in total. The topological polar surface area (TPSA) is 12.0 Å². The van der Waals surface area contributed by atoms with Gasteiger partial charge in [0.2, 0.25) is 0 Å². The maximum absolute atomic E-state index is 3.63. The van der Waals surface area contributed by atoms with Crippen LogP contribution in [0.1, 0.15) is 54.4 Å². The first-order valence-corrected chi connectivity index (χ1v) is 4.62. The summed E-state index contributed by atoms with van der Waals surface area (Å²) in [4.78, 5) is 0. The Kier molecular flexibility index (Phi) is 3.56. The quantitative estimate of drug-likeness (QED) is 0.661. The van der Waals surface area contributed by atoms with Gasteiger partial charge in [-0.25, -0.2) is 0 Å². The van der Waals surface area contributed by atoms with Crippen molar-refractivity contribution in [2.45, 2.75) is 65.5 Å². The smallest absolute Gasteiger partial charge is 0.0127 e. The van der Waals surface area contributed by atoms with Crippen LogP contribution in [0.25, 0.3) is 0 Å². The van der Waals surface area contributed by atoms with Gasteiger partial charge in [-0.2, -0.15) is 0 Å². The molecule has 1 heteroatoms. The molecule has 0 aromatic carbocycles. The Balaban J connectivity index is 4.02. The fourth-order valence-electron chi connectivity index (χ4n) is 1.09. The van der Waals surface area contributed by atoms with E-state index in [1.165, 1.54) is 12.8 Å². The van der Waals surface area contributed by atoms with Gasteiger partial charge in [0.25, 0.3) is 0 Å². The van der Waals surface area contributed by atoms with E-state index in [-0.39, 0.29) is 11.1 Å². The monoisotopic (exact) mass is 157 g/mol. The third kappa shape index (κ3) is 4.41. The second-order valence-electron chi connectivity index (χ2n) is 4.60. The van der Waals surface area contributed by atoms with Gasteiger partial charge in [0.15, 0.2) is 0 Å². The normalized spacial score (nSPS) is 13.6. The summed E-state index contributed by atoms with van der Waals surface area (Å²) in [6.45, 7) is 13.5. The molecule has 0 heterocycles. The molecule has 0 fully saturated rings. The van der Waals surface area contributed by atoms with Crippen molar-refractivity contribution in [1.29, 1.82) is 0 Å². The van der Waals surface area contributed by atoms with Crippen LogP contribution in [0.3, 0.4) is 0 Å². The van der Waals surface area contributed by atoms with Gasteiger partial charge in [0.05, 0.1) is 0 Å². The fraction of sp³-hybridized carbons (Fsp3) is 1.00.